The van der Waals surface area contributed by atoms with Crippen molar-refractivity contribution in [2.75, 3.05) is 11.6 Å². The van der Waals surface area contributed by atoms with Gasteiger partial charge in [-0.25, -0.2) is 22.5 Å². The second kappa shape index (κ2) is 7.05. The molecule has 10 heteroatoms. The Hall–Kier alpha value is -3.11. The largest absolute Gasteiger partial charge is 0.298 e. The molecule has 0 bridgehead atoms. The van der Waals surface area contributed by atoms with Crippen molar-refractivity contribution < 1.29 is 17.6 Å². The second-order valence-electron chi connectivity index (χ2n) is 6.38. The predicted octanol–water partition coefficient (Wildman–Crippen LogP) is 3.59. The van der Waals surface area contributed by atoms with Crippen LogP contribution in [0.2, 0.25) is 0 Å². The van der Waals surface area contributed by atoms with Gasteiger partial charge in [0.15, 0.2) is 15.0 Å². The summed E-state index contributed by atoms with van der Waals surface area (Å²) in [6, 6.07) is 10.8. The first kappa shape index (κ1) is 19.2. The van der Waals surface area contributed by atoms with E-state index in [1.165, 1.54) is 40.4 Å². The van der Waals surface area contributed by atoms with Crippen LogP contribution in [0.5, 0.6) is 0 Å². The number of fused-ring (bicyclic) bond motifs is 1. The molecule has 0 aliphatic rings. The molecule has 0 spiro atoms. The van der Waals surface area contributed by atoms with Gasteiger partial charge in [0.05, 0.1) is 32.6 Å². The number of benzene rings is 2. The minimum Gasteiger partial charge on any atom is -0.298 e. The highest BCUT2D eigenvalue weighted by Crippen LogP contribution is 2.29. The Bertz CT molecular complexity index is 1360. The summed E-state index contributed by atoms with van der Waals surface area (Å²) in [4.78, 5) is 17.2. The van der Waals surface area contributed by atoms with Crippen molar-refractivity contribution in [3.8, 4) is 5.69 Å². The van der Waals surface area contributed by atoms with Gasteiger partial charge in [0.2, 0.25) is 0 Å². The summed E-state index contributed by atoms with van der Waals surface area (Å²) in [6.07, 6.45) is 2.50. The Morgan fingerprint density at radius 2 is 1.97 bits per heavy atom. The van der Waals surface area contributed by atoms with Crippen LogP contribution in [0.15, 0.2) is 53.6 Å². The second-order valence-corrected chi connectivity index (χ2v) is 9.43. The predicted molar refractivity (Wildman–Crippen MR) is 109 cm³/mol. The van der Waals surface area contributed by atoms with Crippen LogP contribution in [-0.2, 0) is 9.84 Å². The molecule has 2 aromatic heterocycles. The topological polar surface area (TPSA) is 93.9 Å². The third kappa shape index (κ3) is 3.64. The Morgan fingerprint density at radius 3 is 2.69 bits per heavy atom. The van der Waals surface area contributed by atoms with E-state index in [1.54, 1.807) is 31.2 Å². The van der Waals surface area contributed by atoms with Crippen LogP contribution < -0.4 is 5.32 Å². The normalized spacial score (nSPS) is 11.7. The lowest BCUT2D eigenvalue weighted by atomic mass is 10.2. The van der Waals surface area contributed by atoms with Crippen molar-refractivity contribution >= 4 is 42.4 Å². The molecule has 29 heavy (non-hydrogen) atoms. The first-order valence-corrected chi connectivity index (χ1v) is 11.2. The fraction of sp³-hybridized carbons (Fsp3) is 0.105. The van der Waals surface area contributed by atoms with Crippen LogP contribution in [0, 0.1) is 12.7 Å². The maximum atomic E-state index is 14.0. The number of para-hydroxylation sites is 1. The SMILES string of the molecule is Cc1c(C(=O)Nc2nc3ccc(S(C)(=O)=O)cc3s2)cnn1-c1ccccc1F. The van der Waals surface area contributed by atoms with E-state index < -0.39 is 21.6 Å². The minimum atomic E-state index is -3.33. The molecule has 0 atom stereocenters. The van der Waals surface area contributed by atoms with Gasteiger partial charge >= 0.3 is 0 Å². The quantitative estimate of drug-likeness (QED) is 0.534. The number of anilines is 1. The third-order valence-electron chi connectivity index (χ3n) is 4.34. The number of hydrogen-bond acceptors (Lipinski definition) is 6. The smallest absolute Gasteiger partial charge is 0.260 e. The van der Waals surface area contributed by atoms with E-state index in [9.17, 15) is 17.6 Å². The van der Waals surface area contributed by atoms with E-state index in [-0.39, 0.29) is 16.1 Å². The van der Waals surface area contributed by atoms with Crippen molar-refractivity contribution in [1.29, 1.82) is 0 Å². The number of sulfone groups is 1. The van der Waals surface area contributed by atoms with Gasteiger partial charge in [-0.1, -0.05) is 23.5 Å². The molecule has 0 fully saturated rings. The molecule has 0 unspecified atom stereocenters. The van der Waals surface area contributed by atoms with Crippen molar-refractivity contribution in [3.05, 3.63) is 65.7 Å². The maximum absolute atomic E-state index is 14.0. The maximum Gasteiger partial charge on any atom is 0.260 e. The Kier molecular flexibility index (Phi) is 4.67. The minimum absolute atomic E-state index is 0.188. The van der Waals surface area contributed by atoms with Crippen molar-refractivity contribution in [2.45, 2.75) is 11.8 Å². The van der Waals surface area contributed by atoms with Gasteiger partial charge in [0.25, 0.3) is 5.91 Å². The zero-order valence-electron chi connectivity index (χ0n) is 15.4. The molecule has 0 radical (unpaired) electrons. The number of nitrogens with zero attached hydrogens (tertiary/aromatic N) is 3. The molecular weight excluding hydrogens is 415 g/mol. The summed E-state index contributed by atoms with van der Waals surface area (Å²) in [7, 11) is -3.33. The first-order chi connectivity index (χ1) is 13.7. The van der Waals surface area contributed by atoms with E-state index >= 15 is 0 Å². The number of carbonyl (C=O) groups is 1. The van der Waals surface area contributed by atoms with Gasteiger partial charge < -0.3 is 0 Å². The van der Waals surface area contributed by atoms with E-state index in [4.69, 9.17) is 0 Å². The number of rotatable bonds is 4. The van der Waals surface area contributed by atoms with Gasteiger partial charge in [-0.3, -0.25) is 10.1 Å². The van der Waals surface area contributed by atoms with E-state index in [0.29, 0.717) is 21.0 Å². The van der Waals surface area contributed by atoms with Gasteiger partial charge in [0, 0.05) is 6.26 Å². The van der Waals surface area contributed by atoms with E-state index in [1.807, 2.05) is 0 Å². The highest BCUT2D eigenvalue weighted by molar-refractivity contribution is 7.90. The lowest BCUT2D eigenvalue weighted by Crippen LogP contribution is -2.13. The van der Waals surface area contributed by atoms with E-state index in [0.717, 1.165) is 6.26 Å². The van der Waals surface area contributed by atoms with Crippen LogP contribution in [0.1, 0.15) is 16.1 Å². The molecule has 2 heterocycles. The number of thiazole rings is 1. The zero-order chi connectivity index (χ0) is 20.8. The van der Waals surface area contributed by atoms with Crippen molar-refractivity contribution in [2.24, 2.45) is 0 Å². The molecule has 0 saturated carbocycles. The van der Waals surface area contributed by atoms with Crippen LogP contribution in [0.4, 0.5) is 9.52 Å². The van der Waals surface area contributed by atoms with Gasteiger partial charge in [-0.05, 0) is 37.3 Å². The molecule has 1 amide bonds. The first-order valence-electron chi connectivity index (χ1n) is 8.45. The third-order valence-corrected chi connectivity index (χ3v) is 6.39. The average Bonchev–Trinajstić information content (AvgIpc) is 3.23. The summed E-state index contributed by atoms with van der Waals surface area (Å²) < 4.78 is 39.4. The number of aromatic nitrogens is 3. The lowest BCUT2D eigenvalue weighted by molar-refractivity contribution is 0.102. The highest BCUT2D eigenvalue weighted by atomic mass is 32.2. The number of carbonyl (C=O) groups excluding carboxylic acids is 1. The molecule has 4 aromatic rings. The molecule has 0 aliphatic carbocycles. The molecule has 1 N–H and O–H groups in total. The standard InChI is InChI=1S/C19H15FN4O3S2/c1-11-13(10-21-24(11)16-6-4-3-5-14(16)20)18(25)23-19-22-15-8-7-12(29(2,26)27)9-17(15)28-19/h3-10H,1-2H3,(H,22,23,25). The van der Waals surface area contributed by atoms with Gasteiger partial charge in [-0.2, -0.15) is 5.10 Å². The number of nitrogens with one attached hydrogen (secondary N) is 1. The van der Waals surface area contributed by atoms with Crippen LogP contribution in [0.25, 0.3) is 15.9 Å². The Morgan fingerprint density at radius 1 is 1.21 bits per heavy atom. The molecule has 4 rings (SSSR count). The molecular formula is C19H15FN4O3S2. The average molecular weight is 430 g/mol. The summed E-state index contributed by atoms with van der Waals surface area (Å²) >= 11 is 1.17. The summed E-state index contributed by atoms with van der Waals surface area (Å²) in [5.41, 5.74) is 1.59. The molecule has 2 aromatic carbocycles. The monoisotopic (exact) mass is 430 g/mol. The van der Waals surface area contributed by atoms with Gasteiger partial charge in [0.1, 0.15) is 11.5 Å². The van der Waals surface area contributed by atoms with Crippen molar-refractivity contribution in [3.63, 3.8) is 0 Å². The summed E-state index contributed by atoms with van der Waals surface area (Å²) in [6.45, 7) is 1.67. The fourth-order valence-corrected chi connectivity index (χ4v) is 4.47. The highest BCUT2D eigenvalue weighted by Gasteiger charge is 2.18. The van der Waals surface area contributed by atoms with Gasteiger partial charge in [-0.15, -0.1) is 0 Å². The Balaban J connectivity index is 1.63. The molecule has 0 saturated heterocycles. The Labute approximate surface area is 169 Å². The summed E-state index contributed by atoms with van der Waals surface area (Å²) in [5.74, 6) is -0.883. The number of halogens is 1. The van der Waals surface area contributed by atoms with Crippen LogP contribution in [-0.4, -0.2) is 35.3 Å². The fourth-order valence-electron chi connectivity index (χ4n) is 2.85. The lowest BCUT2D eigenvalue weighted by Gasteiger charge is -2.06. The van der Waals surface area contributed by atoms with Crippen molar-refractivity contribution in [1.82, 2.24) is 14.8 Å². The number of hydrogen-bond donors (Lipinski definition) is 1. The van der Waals surface area contributed by atoms with Crippen LogP contribution in [0.3, 0.4) is 0 Å². The summed E-state index contributed by atoms with van der Waals surface area (Å²) in [5, 5.41) is 7.15. The van der Waals surface area contributed by atoms with Crippen LogP contribution >= 0.6 is 11.3 Å². The number of amides is 1. The molecule has 7 nitrogen and oxygen atoms in total. The van der Waals surface area contributed by atoms with E-state index in [2.05, 4.69) is 15.4 Å². The molecule has 0 aliphatic heterocycles. The zero-order valence-corrected chi connectivity index (χ0v) is 17.0. The molecule has 148 valence electrons.